The Morgan fingerprint density at radius 1 is 1.04 bits per heavy atom. The molecule has 1 aromatic carbocycles. The molecule has 2 aromatic rings. The predicted molar refractivity (Wildman–Crippen MR) is 94.8 cm³/mol. The van der Waals surface area contributed by atoms with Crippen molar-refractivity contribution in [2.45, 2.75) is 38.9 Å². The number of benzene rings is 1. The Morgan fingerprint density at radius 2 is 1.69 bits per heavy atom. The van der Waals surface area contributed by atoms with Gasteiger partial charge >= 0.3 is 7.12 Å². The molecule has 0 radical (unpaired) electrons. The lowest BCUT2D eigenvalue weighted by atomic mass is 9.86. The highest BCUT2D eigenvalue weighted by molar-refractivity contribution is 6.54. The minimum absolute atomic E-state index is 0.0833. The van der Waals surface area contributed by atoms with Crippen molar-refractivity contribution in [1.82, 2.24) is 4.98 Å². The smallest absolute Gasteiger partial charge is 0.398 e. The van der Waals surface area contributed by atoms with Gasteiger partial charge in [0.2, 0.25) is 0 Å². The van der Waals surface area contributed by atoms with E-state index in [4.69, 9.17) is 9.31 Å². The van der Waals surface area contributed by atoms with Crippen LogP contribution in [0.3, 0.4) is 0 Å². The van der Waals surface area contributed by atoms with Gasteiger partial charge in [0.1, 0.15) is 17.4 Å². The Bertz CT molecular complexity index is 837. The Labute approximate surface area is 151 Å². The van der Waals surface area contributed by atoms with Gasteiger partial charge in [-0.2, -0.15) is 0 Å². The van der Waals surface area contributed by atoms with Gasteiger partial charge in [-0.1, -0.05) is 6.07 Å². The van der Waals surface area contributed by atoms with Gasteiger partial charge in [-0.3, -0.25) is 4.98 Å². The first kappa shape index (κ1) is 18.7. The minimum atomic E-state index is -1.32. The largest absolute Gasteiger partial charge is 0.525 e. The number of hydrogen-bond acceptors (Lipinski definition) is 3. The molecule has 0 amide bonds. The third kappa shape index (κ3) is 3.29. The standard InChI is InChI=1S/C19H19BF3NO2/c1-18(2)19(3,4)26-20(25-18)16(22)11-13-14(21)9-8-12(17(13)23)15-7-5-6-10-24-15/h5-11H,1-4H3. The summed E-state index contributed by atoms with van der Waals surface area (Å²) in [5.41, 5.74) is -2.50. The second-order valence-corrected chi connectivity index (χ2v) is 7.16. The third-order valence-corrected chi connectivity index (χ3v) is 4.83. The van der Waals surface area contributed by atoms with E-state index >= 15 is 0 Å². The summed E-state index contributed by atoms with van der Waals surface area (Å²) in [6.07, 6.45) is 2.28. The van der Waals surface area contributed by atoms with E-state index in [-0.39, 0.29) is 5.56 Å². The maximum absolute atomic E-state index is 14.8. The van der Waals surface area contributed by atoms with Crippen molar-refractivity contribution in [1.29, 1.82) is 0 Å². The Balaban J connectivity index is 1.99. The van der Waals surface area contributed by atoms with E-state index in [0.29, 0.717) is 5.69 Å². The fourth-order valence-corrected chi connectivity index (χ4v) is 2.58. The lowest BCUT2D eigenvalue weighted by Gasteiger charge is -2.32. The van der Waals surface area contributed by atoms with Crippen LogP contribution >= 0.6 is 0 Å². The first-order chi connectivity index (χ1) is 12.1. The molecule has 0 unspecified atom stereocenters. The number of halogens is 3. The van der Waals surface area contributed by atoms with Crippen LogP contribution < -0.4 is 0 Å². The van der Waals surface area contributed by atoms with Crippen LogP contribution in [0.25, 0.3) is 17.3 Å². The maximum atomic E-state index is 14.8. The first-order valence-corrected chi connectivity index (χ1v) is 8.24. The van der Waals surface area contributed by atoms with Crippen molar-refractivity contribution in [2.24, 2.45) is 0 Å². The van der Waals surface area contributed by atoms with Gasteiger partial charge in [-0.05, 0) is 58.0 Å². The molecule has 0 aliphatic carbocycles. The zero-order chi connectivity index (χ0) is 19.1. The summed E-state index contributed by atoms with van der Waals surface area (Å²) in [6, 6.07) is 7.32. The highest BCUT2D eigenvalue weighted by Crippen LogP contribution is 2.39. The van der Waals surface area contributed by atoms with Gasteiger partial charge in [0.05, 0.1) is 16.9 Å². The highest BCUT2D eigenvalue weighted by atomic mass is 19.1. The van der Waals surface area contributed by atoms with E-state index in [1.165, 1.54) is 12.3 Å². The fraction of sp³-hybridized carbons (Fsp3) is 0.316. The van der Waals surface area contributed by atoms with Crippen LogP contribution in [0, 0.1) is 11.6 Å². The molecule has 1 aliphatic rings. The lowest BCUT2D eigenvalue weighted by Crippen LogP contribution is -2.41. The summed E-state index contributed by atoms with van der Waals surface area (Å²) >= 11 is 0. The van der Waals surface area contributed by atoms with Crippen molar-refractivity contribution < 1.29 is 22.5 Å². The Kier molecular flexibility index (Phi) is 4.71. The zero-order valence-corrected chi connectivity index (χ0v) is 15.0. The summed E-state index contributed by atoms with van der Waals surface area (Å²) in [6.45, 7) is 7.07. The topological polar surface area (TPSA) is 31.4 Å². The summed E-state index contributed by atoms with van der Waals surface area (Å²) in [5.74, 6) is -1.77. The second kappa shape index (κ2) is 6.56. The number of rotatable bonds is 3. The Hall–Kier alpha value is -2.12. The number of aromatic nitrogens is 1. The van der Waals surface area contributed by atoms with E-state index in [9.17, 15) is 13.2 Å². The molecular formula is C19H19BF3NO2. The lowest BCUT2D eigenvalue weighted by molar-refractivity contribution is 0.00578. The molecule has 136 valence electrons. The van der Waals surface area contributed by atoms with Gasteiger partial charge in [0.25, 0.3) is 0 Å². The molecular weight excluding hydrogens is 342 g/mol. The minimum Gasteiger partial charge on any atom is -0.398 e. The average molecular weight is 361 g/mol. The number of hydrogen-bond donors (Lipinski definition) is 0. The van der Waals surface area contributed by atoms with Crippen molar-refractivity contribution in [3.63, 3.8) is 0 Å². The molecule has 0 N–H and O–H groups in total. The summed E-state index contributed by atoms with van der Waals surface area (Å²) < 4.78 is 54.7. The van der Waals surface area contributed by atoms with E-state index < -0.39 is 41.2 Å². The number of pyridine rings is 1. The molecule has 0 saturated carbocycles. The monoisotopic (exact) mass is 361 g/mol. The van der Waals surface area contributed by atoms with Gasteiger partial charge < -0.3 is 9.31 Å². The van der Waals surface area contributed by atoms with E-state index in [0.717, 1.165) is 12.1 Å². The maximum Gasteiger partial charge on any atom is 0.525 e. The molecule has 1 aromatic heterocycles. The third-order valence-electron chi connectivity index (χ3n) is 4.83. The quantitative estimate of drug-likeness (QED) is 0.724. The highest BCUT2D eigenvalue weighted by Gasteiger charge is 2.53. The molecule has 1 aliphatic heterocycles. The Morgan fingerprint density at radius 3 is 2.27 bits per heavy atom. The first-order valence-electron chi connectivity index (χ1n) is 8.24. The van der Waals surface area contributed by atoms with Crippen molar-refractivity contribution in [3.05, 3.63) is 59.5 Å². The molecule has 0 spiro atoms. The van der Waals surface area contributed by atoms with Crippen LogP contribution in [0.4, 0.5) is 13.2 Å². The van der Waals surface area contributed by atoms with Gasteiger partial charge in [0, 0.05) is 17.3 Å². The van der Waals surface area contributed by atoms with Crippen LogP contribution in [0.2, 0.25) is 0 Å². The summed E-state index contributed by atoms with van der Waals surface area (Å²) in [4.78, 5) is 4.05. The molecule has 0 atom stereocenters. The molecule has 0 bridgehead atoms. The van der Waals surface area contributed by atoms with Gasteiger partial charge in [0.15, 0.2) is 0 Å². The molecule has 7 heteroatoms. The number of nitrogens with zero attached hydrogens (tertiary/aromatic N) is 1. The molecule has 1 saturated heterocycles. The molecule has 3 rings (SSSR count). The molecule has 1 fully saturated rings. The summed E-state index contributed by atoms with van der Waals surface area (Å²) in [5, 5.41) is 0. The van der Waals surface area contributed by atoms with Crippen LogP contribution in [0.1, 0.15) is 33.3 Å². The van der Waals surface area contributed by atoms with Crippen LogP contribution in [-0.2, 0) is 9.31 Å². The summed E-state index contributed by atoms with van der Waals surface area (Å²) in [7, 11) is -1.32. The SMILES string of the molecule is CC1(C)OB(C(F)=Cc2c(F)ccc(-c3ccccn3)c2F)OC1(C)C. The van der Waals surface area contributed by atoms with E-state index in [1.807, 2.05) is 0 Å². The fourth-order valence-electron chi connectivity index (χ4n) is 2.58. The van der Waals surface area contributed by atoms with Gasteiger partial charge in [-0.15, -0.1) is 0 Å². The zero-order valence-electron chi connectivity index (χ0n) is 15.0. The normalized spacial score (nSPS) is 19.0. The van der Waals surface area contributed by atoms with Gasteiger partial charge in [-0.25, -0.2) is 13.2 Å². The average Bonchev–Trinajstić information content (AvgIpc) is 2.80. The van der Waals surface area contributed by atoms with Crippen molar-refractivity contribution >= 4 is 13.2 Å². The van der Waals surface area contributed by atoms with E-state index in [2.05, 4.69) is 4.98 Å². The molecule has 26 heavy (non-hydrogen) atoms. The molecule has 2 heterocycles. The van der Waals surface area contributed by atoms with Crippen molar-refractivity contribution in [2.75, 3.05) is 0 Å². The van der Waals surface area contributed by atoms with Crippen LogP contribution in [0.15, 0.2) is 42.3 Å². The molecule has 3 nitrogen and oxygen atoms in total. The predicted octanol–water partition coefficient (Wildman–Crippen LogP) is 4.97. The second-order valence-electron chi connectivity index (χ2n) is 7.16. The van der Waals surface area contributed by atoms with Crippen molar-refractivity contribution in [3.8, 4) is 11.3 Å². The van der Waals surface area contributed by atoms with E-state index in [1.54, 1.807) is 45.9 Å². The van der Waals surface area contributed by atoms with Crippen LogP contribution in [0.5, 0.6) is 0 Å². The van der Waals surface area contributed by atoms with Crippen LogP contribution in [-0.4, -0.2) is 23.3 Å².